The predicted octanol–water partition coefficient (Wildman–Crippen LogP) is 3.17. The first-order chi connectivity index (χ1) is 11.7. The van der Waals surface area contributed by atoms with Crippen LogP contribution in [0.3, 0.4) is 0 Å². The summed E-state index contributed by atoms with van der Waals surface area (Å²) in [6.07, 6.45) is 7.72. The van der Waals surface area contributed by atoms with E-state index < -0.39 is 0 Å². The maximum absolute atomic E-state index is 13.1. The molecule has 3 heterocycles. The van der Waals surface area contributed by atoms with Crippen molar-refractivity contribution in [2.24, 2.45) is 10.4 Å². The molecule has 126 valence electrons. The third kappa shape index (κ3) is 2.49. The lowest BCUT2D eigenvalue weighted by Crippen LogP contribution is -2.71. The monoisotopic (exact) mass is 343 g/mol. The Kier molecular flexibility index (Phi) is 4.19. The van der Waals surface area contributed by atoms with Gasteiger partial charge >= 0.3 is 0 Å². The molecule has 0 bridgehead atoms. The third-order valence-electron chi connectivity index (χ3n) is 5.58. The number of piperidine rings is 1. The predicted molar refractivity (Wildman–Crippen MR) is 96.1 cm³/mol. The molecule has 0 aliphatic carbocycles. The molecule has 2 fully saturated rings. The molecule has 0 aromatic heterocycles. The Morgan fingerprint density at radius 3 is 2.79 bits per heavy atom. The lowest BCUT2D eigenvalue weighted by atomic mass is 9.61. The number of β-lactam (4-membered cyclic amide) rings is 1. The average molecular weight is 344 g/mol. The van der Waals surface area contributed by atoms with Gasteiger partial charge < -0.3 is 10.2 Å². The summed E-state index contributed by atoms with van der Waals surface area (Å²) >= 11 is 6.32. The number of benzene rings is 1. The summed E-state index contributed by atoms with van der Waals surface area (Å²) in [7, 11) is 0. The highest BCUT2D eigenvalue weighted by atomic mass is 35.5. The Bertz CT molecular complexity index is 706. The second-order valence-corrected chi connectivity index (χ2v) is 7.31. The largest absolute Gasteiger partial charge is 0.330 e. The van der Waals surface area contributed by atoms with Crippen molar-refractivity contribution in [2.75, 3.05) is 13.1 Å². The van der Waals surface area contributed by atoms with Gasteiger partial charge in [0, 0.05) is 24.0 Å². The van der Waals surface area contributed by atoms with Gasteiger partial charge in [0.1, 0.15) is 0 Å². The van der Waals surface area contributed by atoms with Crippen molar-refractivity contribution in [1.29, 1.82) is 0 Å². The van der Waals surface area contributed by atoms with E-state index in [1.165, 1.54) is 5.57 Å². The Hall–Kier alpha value is -1.65. The van der Waals surface area contributed by atoms with Crippen LogP contribution in [-0.4, -0.2) is 36.2 Å². The van der Waals surface area contributed by atoms with E-state index in [0.29, 0.717) is 6.54 Å². The fourth-order valence-electron chi connectivity index (χ4n) is 4.37. The molecular weight excluding hydrogens is 322 g/mol. The van der Waals surface area contributed by atoms with Crippen LogP contribution in [0.5, 0.6) is 0 Å². The molecule has 4 nitrogen and oxygen atoms in total. The van der Waals surface area contributed by atoms with Crippen molar-refractivity contribution in [1.82, 2.24) is 10.2 Å². The zero-order valence-electron chi connectivity index (χ0n) is 13.7. The number of halogens is 1. The van der Waals surface area contributed by atoms with Crippen LogP contribution in [0.2, 0.25) is 5.02 Å². The summed E-state index contributed by atoms with van der Waals surface area (Å²) in [6.45, 7) is 2.41. The third-order valence-corrected chi connectivity index (χ3v) is 5.94. The summed E-state index contributed by atoms with van der Waals surface area (Å²) in [4.78, 5) is 19.5. The van der Waals surface area contributed by atoms with Crippen LogP contribution in [0, 0.1) is 5.41 Å². The number of hydrogen-bond acceptors (Lipinski definition) is 3. The van der Waals surface area contributed by atoms with E-state index in [4.69, 9.17) is 11.6 Å². The van der Waals surface area contributed by atoms with Crippen molar-refractivity contribution in [3.05, 3.63) is 46.6 Å². The van der Waals surface area contributed by atoms with Crippen LogP contribution in [0.25, 0.3) is 0 Å². The Morgan fingerprint density at radius 1 is 1.29 bits per heavy atom. The van der Waals surface area contributed by atoms with E-state index in [1.807, 2.05) is 41.6 Å². The number of likely N-dealkylation sites (tertiary alicyclic amines) is 1. The van der Waals surface area contributed by atoms with E-state index in [0.717, 1.165) is 49.4 Å². The van der Waals surface area contributed by atoms with Gasteiger partial charge in [0.2, 0.25) is 5.91 Å². The normalized spacial score (nSPS) is 25.5. The molecule has 3 aliphatic rings. The highest BCUT2D eigenvalue weighted by Crippen LogP contribution is 2.51. The van der Waals surface area contributed by atoms with Crippen LogP contribution in [0.4, 0.5) is 0 Å². The molecule has 5 heteroatoms. The van der Waals surface area contributed by atoms with Gasteiger partial charge in [-0.15, -0.1) is 0 Å². The first-order valence-electron chi connectivity index (χ1n) is 8.68. The molecule has 4 rings (SSSR count). The molecule has 0 saturated carbocycles. The molecule has 0 radical (unpaired) electrons. The minimum absolute atomic E-state index is 0.167. The Morgan fingerprint density at radius 2 is 2.08 bits per heavy atom. The van der Waals surface area contributed by atoms with Gasteiger partial charge in [-0.25, -0.2) is 0 Å². The van der Waals surface area contributed by atoms with E-state index in [1.54, 1.807) is 0 Å². The molecule has 2 saturated heterocycles. The zero-order valence-corrected chi connectivity index (χ0v) is 14.4. The molecule has 1 amide bonds. The van der Waals surface area contributed by atoms with Gasteiger partial charge in [-0.3, -0.25) is 9.79 Å². The Labute approximate surface area is 147 Å². The zero-order chi connectivity index (χ0) is 16.6. The van der Waals surface area contributed by atoms with Crippen molar-refractivity contribution in [2.45, 2.75) is 38.3 Å². The minimum Gasteiger partial charge on any atom is -0.330 e. The van der Waals surface area contributed by atoms with Crippen LogP contribution in [0.1, 0.15) is 31.2 Å². The Balaban J connectivity index is 1.65. The van der Waals surface area contributed by atoms with Gasteiger partial charge in [0.15, 0.2) is 0 Å². The molecule has 1 aromatic rings. The van der Waals surface area contributed by atoms with Crippen LogP contribution < -0.4 is 5.32 Å². The van der Waals surface area contributed by atoms with Crippen LogP contribution in [-0.2, 0) is 11.3 Å². The smallest absolute Gasteiger partial charge is 0.232 e. The van der Waals surface area contributed by atoms with Crippen LogP contribution >= 0.6 is 11.6 Å². The lowest BCUT2D eigenvalue weighted by Gasteiger charge is -2.59. The first-order valence-corrected chi connectivity index (χ1v) is 9.06. The van der Waals surface area contributed by atoms with Gasteiger partial charge in [-0.05, 0) is 56.0 Å². The number of carbonyl (C=O) groups excluding carboxylic acids is 1. The second kappa shape index (κ2) is 6.34. The van der Waals surface area contributed by atoms with Crippen molar-refractivity contribution in [3.8, 4) is 0 Å². The average Bonchev–Trinajstić information content (AvgIpc) is 2.64. The molecular formula is C19H22ClN3O. The van der Waals surface area contributed by atoms with E-state index >= 15 is 0 Å². The number of rotatable bonds is 3. The standard InChI is InChI=1S/C19H22ClN3O/c20-16-6-2-1-4-15(16)13-23-17(14-5-3-9-22-12-14)19(18(23)24)7-10-21-11-8-19/h1-2,4,6,9,12,17,21H,3,5,7-8,10-11,13H2. The summed E-state index contributed by atoms with van der Waals surface area (Å²) in [5.41, 5.74) is 2.08. The SMILES string of the molecule is O=C1N(Cc2ccccc2Cl)C(C2=CN=CCC2)C12CCNCC2. The molecule has 1 atom stereocenters. The number of amides is 1. The van der Waals surface area contributed by atoms with Crippen molar-refractivity contribution < 1.29 is 4.79 Å². The van der Waals surface area contributed by atoms with E-state index in [-0.39, 0.29) is 17.4 Å². The molecule has 1 unspecified atom stereocenters. The quantitative estimate of drug-likeness (QED) is 0.857. The van der Waals surface area contributed by atoms with Gasteiger partial charge in [0.05, 0.1) is 11.5 Å². The summed E-state index contributed by atoms with van der Waals surface area (Å²) in [5.74, 6) is 0.282. The van der Waals surface area contributed by atoms with Gasteiger partial charge in [0.25, 0.3) is 0 Å². The van der Waals surface area contributed by atoms with E-state index in [2.05, 4.69) is 10.3 Å². The number of aliphatic imine (C=N–C) groups is 1. The summed E-state index contributed by atoms with van der Waals surface area (Å²) in [5, 5.41) is 4.11. The molecule has 1 aromatic carbocycles. The lowest BCUT2D eigenvalue weighted by molar-refractivity contribution is -0.174. The highest BCUT2D eigenvalue weighted by molar-refractivity contribution is 6.31. The van der Waals surface area contributed by atoms with E-state index in [9.17, 15) is 4.79 Å². The number of nitrogens with zero attached hydrogens (tertiary/aromatic N) is 2. The molecule has 3 aliphatic heterocycles. The van der Waals surface area contributed by atoms with Crippen LogP contribution in [0.15, 0.2) is 41.0 Å². The van der Waals surface area contributed by atoms with Crippen molar-refractivity contribution in [3.63, 3.8) is 0 Å². The molecule has 1 spiro atoms. The number of carbonyl (C=O) groups is 1. The fraction of sp³-hybridized carbons (Fsp3) is 0.474. The molecule has 24 heavy (non-hydrogen) atoms. The van der Waals surface area contributed by atoms with Gasteiger partial charge in [-0.1, -0.05) is 29.8 Å². The maximum Gasteiger partial charge on any atom is 0.232 e. The second-order valence-electron chi connectivity index (χ2n) is 6.91. The number of nitrogens with one attached hydrogen (secondary N) is 1. The first kappa shape index (κ1) is 15.9. The molecule has 1 N–H and O–H groups in total. The maximum atomic E-state index is 13.1. The highest BCUT2D eigenvalue weighted by Gasteiger charge is 2.61. The summed E-state index contributed by atoms with van der Waals surface area (Å²) < 4.78 is 0. The van der Waals surface area contributed by atoms with Gasteiger partial charge in [-0.2, -0.15) is 0 Å². The summed E-state index contributed by atoms with van der Waals surface area (Å²) in [6, 6.07) is 7.97. The minimum atomic E-state index is -0.231. The van der Waals surface area contributed by atoms with Crippen molar-refractivity contribution >= 4 is 23.7 Å². The fourth-order valence-corrected chi connectivity index (χ4v) is 4.56. The topological polar surface area (TPSA) is 44.7 Å². The number of hydrogen-bond donors (Lipinski definition) is 1.